The summed E-state index contributed by atoms with van der Waals surface area (Å²) in [4.78, 5) is 15.1. The Bertz CT molecular complexity index is 815. The third-order valence-electron chi connectivity index (χ3n) is 5.72. The molecule has 1 fully saturated rings. The molecule has 0 spiro atoms. The minimum Gasteiger partial charge on any atom is -0.394 e. The second-order valence-electron chi connectivity index (χ2n) is 7.56. The predicted molar refractivity (Wildman–Crippen MR) is 96.8 cm³/mol. The highest BCUT2D eigenvalue weighted by Crippen LogP contribution is 2.41. The van der Waals surface area contributed by atoms with Gasteiger partial charge in [-0.05, 0) is 48.1 Å². The molecule has 136 valence electrons. The molecule has 1 atom stereocenters. The van der Waals surface area contributed by atoms with E-state index in [0.29, 0.717) is 19.4 Å². The first kappa shape index (κ1) is 17.2. The summed E-state index contributed by atoms with van der Waals surface area (Å²) in [6.07, 6.45) is 1.83. The average molecular weight is 354 g/mol. The third kappa shape index (κ3) is 2.91. The molecular weight excluding hydrogens is 331 g/mol. The van der Waals surface area contributed by atoms with Crippen LogP contribution in [0.15, 0.2) is 48.5 Å². The third-order valence-corrected chi connectivity index (χ3v) is 5.72. The molecule has 1 heterocycles. The van der Waals surface area contributed by atoms with E-state index in [2.05, 4.69) is 6.07 Å². The number of fused-ring (bicyclic) bond motifs is 1. The number of aliphatic hydroxyl groups excluding tert-OH is 1. The molecule has 26 heavy (non-hydrogen) atoms. The van der Waals surface area contributed by atoms with Crippen LogP contribution in [0, 0.1) is 11.7 Å². The zero-order valence-electron chi connectivity index (χ0n) is 14.6. The molecule has 3 N–H and O–H groups in total. The first-order valence-electron chi connectivity index (χ1n) is 9.04. The Balaban J connectivity index is 1.67. The average Bonchev–Trinajstić information content (AvgIpc) is 2.65. The Hall–Kier alpha value is -2.24. The summed E-state index contributed by atoms with van der Waals surface area (Å²) in [7, 11) is 0. The SMILES string of the molecule is N[C@]1(CO)C[C@@H](C(=O)N2CCc3ccccc3[C@@H]2c2ccc(F)cc2)C1. The first-order valence-corrected chi connectivity index (χ1v) is 9.04. The molecule has 0 radical (unpaired) electrons. The monoisotopic (exact) mass is 354 g/mol. The number of halogens is 1. The molecule has 2 aliphatic rings. The van der Waals surface area contributed by atoms with Crippen LogP contribution < -0.4 is 5.73 Å². The van der Waals surface area contributed by atoms with E-state index in [1.54, 1.807) is 12.1 Å². The van der Waals surface area contributed by atoms with Crippen LogP contribution in [0.1, 0.15) is 35.6 Å². The lowest BCUT2D eigenvalue weighted by atomic mass is 9.68. The molecule has 2 aromatic rings. The summed E-state index contributed by atoms with van der Waals surface area (Å²) in [5.74, 6) is -0.366. The van der Waals surface area contributed by atoms with E-state index in [1.165, 1.54) is 17.7 Å². The van der Waals surface area contributed by atoms with Gasteiger partial charge in [0.25, 0.3) is 0 Å². The molecule has 0 saturated heterocycles. The molecule has 0 bridgehead atoms. The smallest absolute Gasteiger partial charge is 0.226 e. The van der Waals surface area contributed by atoms with Gasteiger partial charge in [0, 0.05) is 18.0 Å². The van der Waals surface area contributed by atoms with Crippen LogP contribution in [0.2, 0.25) is 0 Å². The number of nitrogens with two attached hydrogens (primary N) is 1. The van der Waals surface area contributed by atoms with Gasteiger partial charge in [-0.1, -0.05) is 36.4 Å². The molecule has 1 amide bonds. The summed E-state index contributed by atoms with van der Waals surface area (Å²) in [5, 5.41) is 9.36. The predicted octanol–water partition coefficient (Wildman–Crippen LogP) is 2.40. The zero-order valence-corrected chi connectivity index (χ0v) is 14.6. The molecule has 1 aliphatic heterocycles. The van der Waals surface area contributed by atoms with Crippen LogP contribution in [0.25, 0.3) is 0 Å². The normalized spacial score (nSPS) is 27.6. The standard InChI is InChI=1S/C21H23FN2O2/c22-17-7-5-15(6-8-17)19-18-4-2-1-3-14(18)9-10-24(19)20(26)16-11-21(23,12-16)13-25/h1-8,16,19,25H,9-13,23H2/t16-,19-,21-/m0/s1. The molecule has 2 aromatic carbocycles. The van der Waals surface area contributed by atoms with Crippen molar-refractivity contribution < 1.29 is 14.3 Å². The van der Waals surface area contributed by atoms with Gasteiger partial charge in [0.1, 0.15) is 5.82 Å². The lowest BCUT2D eigenvalue weighted by Gasteiger charge is -2.47. The molecule has 1 saturated carbocycles. The minimum absolute atomic E-state index is 0.0725. The number of carbonyl (C=O) groups is 1. The number of aliphatic hydroxyl groups is 1. The van der Waals surface area contributed by atoms with Crippen molar-refractivity contribution in [3.05, 3.63) is 71.0 Å². The summed E-state index contributed by atoms with van der Waals surface area (Å²) >= 11 is 0. The van der Waals surface area contributed by atoms with E-state index < -0.39 is 5.54 Å². The summed E-state index contributed by atoms with van der Waals surface area (Å²) in [5.41, 5.74) is 8.64. The Morgan fingerprint density at radius 3 is 2.58 bits per heavy atom. The van der Waals surface area contributed by atoms with Gasteiger partial charge < -0.3 is 15.7 Å². The Morgan fingerprint density at radius 1 is 1.19 bits per heavy atom. The molecule has 4 rings (SSSR count). The van der Waals surface area contributed by atoms with Crippen molar-refractivity contribution >= 4 is 5.91 Å². The second kappa shape index (κ2) is 6.49. The van der Waals surface area contributed by atoms with Crippen molar-refractivity contribution in [2.24, 2.45) is 11.7 Å². The summed E-state index contributed by atoms with van der Waals surface area (Å²) in [6, 6.07) is 14.3. The van der Waals surface area contributed by atoms with Gasteiger partial charge in [-0.25, -0.2) is 4.39 Å². The van der Waals surface area contributed by atoms with E-state index in [-0.39, 0.29) is 30.3 Å². The number of carbonyl (C=O) groups excluding carboxylic acids is 1. The van der Waals surface area contributed by atoms with Crippen molar-refractivity contribution in [3.63, 3.8) is 0 Å². The van der Waals surface area contributed by atoms with E-state index in [9.17, 15) is 14.3 Å². The van der Waals surface area contributed by atoms with E-state index in [4.69, 9.17) is 5.73 Å². The van der Waals surface area contributed by atoms with Crippen LogP contribution in [0.4, 0.5) is 4.39 Å². The second-order valence-corrected chi connectivity index (χ2v) is 7.56. The lowest BCUT2D eigenvalue weighted by Crippen LogP contribution is -2.59. The highest BCUT2D eigenvalue weighted by Gasteiger charge is 2.47. The van der Waals surface area contributed by atoms with Crippen LogP contribution >= 0.6 is 0 Å². The largest absolute Gasteiger partial charge is 0.394 e. The van der Waals surface area contributed by atoms with Gasteiger partial charge in [0.05, 0.1) is 12.6 Å². The van der Waals surface area contributed by atoms with Crippen molar-refractivity contribution in [3.8, 4) is 0 Å². The van der Waals surface area contributed by atoms with Crippen LogP contribution in [-0.4, -0.2) is 34.6 Å². The molecule has 0 unspecified atom stereocenters. The number of amides is 1. The maximum atomic E-state index is 13.4. The van der Waals surface area contributed by atoms with E-state index in [0.717, 1.165) is 17.5 Å². The topological polar surface area (TPSA) is 66.6 Å². The van der Waals surface area contributed by atoms with Gasteiger partial charge in [-0.15, -0.1) is 0 Å². The van der Waals surface area contributed by atoms with Gasteiger partial charge in [-0.2, -0.15) is 0 Å². The van der Waals surface area contributed by atoms with Gasteiger partial charge in [0.2, 0.25) is 5.91 Å². The Kier molecular flexibility index (Phi) is 4.29. The molecule has 5 heteroatoms. The Labute approximate surface area is 152 Å². The number of rotatable bonds is 3. The maximum Gasteiger partial charge on any atom is 0.226 e. The van der Waals surface area contributed by atoms with Crippen LogP contribution in [-0.2, 0) is 11.2 Å². The van der Waals surface area contributed by atoms with Crippen molar-refractivity contribution in [2.45, 2.75) is 30.8 Å². The number of hydrogen-bond donors (Lipinski definition) is 2. The Morgan fingerprint density at radius 2 is 1.88 bits per heavy atom. The fourth-order valence-electron chi connectivity index (χ4n) is 4.27. The first-order chi connectivity index (χ1) is 12.5. The van der Waals surface area contributed by atoms with Crippen LogP contribution in [0.5, 0.6) is 0 Å². The van der Waals surface area contributed by atoms with Gasteiger partial charge in [0.15, 0.2) is 0 Å². The minimum atomic E-state index is -0.626. The highest BCUT2D eigenvalue weighted by molar-refractivity contribution is 5.81. The van der Waals surface area contributed by atoms with Crippen molar-refractivity contribution in [1.82, 2.24) is 4.90 Å². The lowest BCUT2D eigenvalue weighted by molar-refractivity contribution is -0.143. The molecule has 1 aliphatic carbocycles. The van der Waals surface area contributed by atoms with Gasteiger partial charge in [-0.3, -0.25) is 4.79 Å². The molecule has 4 nitrogen and oxygen atoms in total. The molecular formula is C21H23FN2O2. The van der Waals surface area contributed by atoms with Crippen LogP contribution in [0.3, 0.4) is 0 Å². The number of nitrogens with zero attached hydrogens (tertiary/aromatic N) is 1. The number of hydrogen-bond acceptors (Lipinski definition) is 3. The molecule has 0 aromatic heterocycles. The fraction of sp³-hybridized carbons (Fsp3) is 0.381. The maximum absolute atomic E-state index is 13.4. The van der Waals surface area contributed by atoms with Crippen molar-refractivity contribution in [1.29, 1.82) is 0 Å². The highest BCUT2D eigenvalue weighted by atomic mass is 19.1. The summed E-state index contributed by atoms with van der Waals surface area (Å²) < 4.78 is 13.4. The number of benzene rings is 2. The summed E-state index contributed by atoms with van der Waals surface area (Å²) in [6.45, 7) is 0.534. The van der Waals surface area contributed by atoms with Gasteiger partial charge >= 0.3 is 0 Å². The zero-order chi connectivity index (χ0) is 18.3. The van der Waals surface area contributed by atoms with E-state index >= 15 is 0 Å². The van der Waals surface area contributed by atoms with E-state index in [1.807, 2.05) is 23.1 Å². The fourth-order valence-corrected chi connectivity index (χ4v) is 4.27. The quantitative estimate of drug-likeness (QED) is 0.889. The van der Waals surface area contributed by atoms with Crippen molar-refractivity contribution in [2.75, 3.05) is 13.2 Å².